The molecule has 114 valence electrons. The summed E-state index contributed by atoms with van der Waals surface area (Å²) in [5, 5.41) is 15.2. The number of nitrogens with zero attached hydrogens (tertiary/aromatic N) is 2. The molecule has 5 nitrogen and oxygen atoms in total. The summed E-state index contributed by atoms with van der Waals surface area (Å²) < 4.78 is 39.0. The predicted octanol–water partition coefficient (Wildman–Crippen LogP) is 1.58. The largest absolute Gasteiger partial charge is 0.435 e. The SMILES string of the molecule is CC(C)C(O)CCNC(=O)c1cn(C)nc1C(F)(F)F. The number of carbonyl (C=O) groups excluding carboxylic acids is 1. The molecule has 20 heavy (non-hydrogen) atoms. The summed E-state index contributed by atoms with van der Waals surface area (Å²) in [5.41, 5.74) is -1.72. The molecule has 0 saturated heterocycles. The van der Waals surface area contributed by atoms with E-state index in [1.165, 1.54) is 7.05 Å². The first kappa shape index (κ1) is 16.5. The van der Waals surface area contributed by atoms with Gasteiger partial charge in [0.1, 0.15) is 0 Å². The molecular weight excluding hydrogens is 275 g/mol. The van der Waals surface area contributed by atoms with Crippen molar-refractivity contribution in [3.8, 4) is 0 Å². The van der Waals surface area contributed by atoms with Crippen LogP contribution in [0.1, 0.15) is 36.3 Å². The Kier molecular flexibility index (Phi) is 5.15. The standard InChI is InChI=1S/C12H18F3N3O2/c1-7(2)9(19)4-5-16-11(20)8-6-18(3)17-10(8)12(13,14)15/h6-7,9,19H,4-5H2,1-3H3,(H,16,20). The lowest BCUT2D eigenvalue weighted by molar-refractivity contribution is -0.141. The minimum Gasteiger partial charge on any atom is -0.393 e. The zero-order chi connectivity index (χ0) is 15.5. The number of aromatic nitrogens is 2. The fourth-order valence-electron chi connectivity index (χ4n) is 1.63. The Morgan fingerprint density at radius 3 is 2.60 bits per heavy atom. The van der Waals surface area contributed by atoms with E-state index in [1.807, 2.05) is 13.8 Å². The molecule has 1 aromatic rings. The molecule has 1 amide bonds. The van der Waals surface area contributed by atoms with Gasteiger partial charge in [-0.05, 0) is 12.3 Å². The van der Waals surface area contributed by atoms with E-state index in [9.17, 15) is 23.1 Å². The number of hydrogen-bond acceptors (Lipinski definition) is 3. The van der Waals surface area contributed by atoms with Crippen molar-refractivity contribution in [2.45, 2.75) is 32.5 Å². The molecule has 0 aliphatic heterocycles. The van der Waals surface area contributed by atoms with Gasteiger partial charge in [-0.3, -0.25) is 9.48 Å². The number of aryl methyl sites for hydroxylation is 1. The lowest BCUT2D eigenvalue weighted by Crippen LogP contribution is -2.29. The van der Waals surface area contributed by atoms with Crippen molar-refractivity contribution < 1.29 is 23.1 Å². The van der Waals surface area contributed by atoms with Crippen LogP contribution in [0.2, 0.25) is 0 Å². The molecule has 0 radical (unpaired) electrons. The quantitative estimate of drug-likeness (QED) is 0.866. The first-order valence-electron chi connectivity index (χ1n) is 6.20. The third kappa shape index (κ3) is 4.22. The van der Waals surface area contributed by atoms with Gasteiger partial charge in [0.15, 0.2) is 5.69 Å². The maximum atomic E-state index is 12.7. The molecule has 1 aromatic heterocycles. The molecule has 0 saturated carbocycles. The minimum absolute atomic E-state index is 0.0241. The second-order valence-electron chi connectivity index (χ2n) is 4.92. The van der Waals surface area contributed by atoms with E-state index in [1.54, 1.807) is 0 Å². The Hall–Kier alpha value is -1.57. The van der Waals surface area contributed by atoms with Gasteiger partial charge in [0, 0.05) is 19.8 Å². The van der Waals surface area contributed by atoms with Gasteiger partial charge in [0.25, 0.3) is 5.91 Å². The monoisotopic (exact) mass is 293 g/mol. The topological polar surface area (TPSA) is 67.2 Å². The Morgan fingerprint density at radius 1 is 1.50 bits per heavy atom. The summed E-state index contributed by atoms with van der Waals surface area (Å²) in [7, 11) is 1.31. The number of aliphatic hydroxyl groups excluding tert-OH is 1. The van der Waals surface area contributed by atoms with Crippen molar-refractivity contribution in [2.24, 2.45) is 13.0 Å². The van der Waals surface area contributed by atoms with E-state index in [-0.39, 0.29) is 18.9 Å². The first-order chi connectivity index (χ1) is 9.12. The van der Waals surface area contributed by atoms with Gasteiger partial charge in [-0.25, -0.2) is 0 Å². The number of amides is 1. The summed E-state index contributed by atoms with van der Waals surface area (Å²) in [4.78, 5) is 11.7. The van der Waals surface area contributed by atoms with Crippen molar-refractivity contribution in [3.63, 3.8) is 0 Å². The summed E-state index contributed by atoms with van der Waals surface area (Å²) in [6.45, 7) is 3.73. The highest BCUT2D eigenvalue weighted by molar-refractivity contribution is 5.95. The minimum atomic E-state index is -4.68. The van der Waals surface area contributed by atoms with E-state index in [2.05, 4.69) is 10.4 Å². The van der Waals surface area contributed by atoms with E-state index < -0.39 is 29.4 Å². The zero-order valence-electron chi connectivity index (χ0n) is 11.5. The van der Waals surface area contributed by atoms with Crippen molar-refractivity contribution in [1.82, 2.24) is 15.1 Å². The maximum absolute atomic E-state index is 12.7. The molecular formula is C12H18F3N3O2. The van der Waals surface area contributed by atoms with Gasteiger partial charge in [0.2, 0.25) is 0 Å². The van der Waals surface area contributed by atoms with Crippen LogP contribution in [-0.4, -0.2) is 33.4 Å². The highest BCUT2D eigenvalue weighted by Crippen LogP contribution is 2.30. The van der Waals surface area contributed by atoms with Crippen molar-refractivity contribution >= 4 is 5.91 Å². The van der Waals surface area contributed by atoms with E-state index >= 15 is 0 Å². The van der Waals surface area contributed by atoms with Crippen molar-refractivity contribution in [3.05, 3.63) is 17.5 Å². The van der Waals surface area contributed by atoms with Gasteiger partial charge in [0.05, 0.1) is 11.7 Å². The highest BCUT2D eigenvalue weighted by Gasteiger charge is 2.38. The fraction of sp³-hybridized carbons (Fsp3) is 0.667. The molecule has 0 aromatic carbocycles. The van der Waals surface area contributed by atoms with Crippen LogP contribution in [0.25, 0.3) is 0 Å². The van der Waals surface area contributed by atoms with Crippen LogP contribution in [-0.2, 0) is 13.2 Å². The van der Waals surface area contributed by atoms with Crippen LogP contribution >= 0.6 is 0 Å². The van der Waals surface area contributed by atoms with Crippen LogP contribution in [0.5, 0.6) is 0 Å². The Morgan fingerprint density at radius 2 is 2.10 bits per heavy atom. The van der Waals surface area contributed by atoms with Crippen molar-refractivity contribution in [1.29, 1.82) is 0 Å². The molecule has 1 heterocycles. The fourth-order valence-corrected chi connectivity index (χ4v) is 1.63. The second kappa shape index (κ2) is 6.25. The molecule has 2 N–H and O–H groups in total. The number of nitrogens with one attached hydrogen (secondary N) is 1. The molecule has 0 bridgehead atoms. The lowest BCUT2D eigenvalue weighted by Gasteiger charge is -2.14. The number of hydrogen-bond donors (Lipinski definition) is 2. The number of aliphatic hydroxyl groups is 1. The summed E-state index contributed by atoms with van der Waals surface area (Å²) in [5.74, 6) is -0.822. The van der Waals surface area contributed by atoms with Crippen LogP contribution in [0.15, 0.2) is 6.20 Å². The first-order valence-corrected chi connectivity index (χ1v) is 6.20. The van der Waals surface area contributed by atoms with Gasteiger partial charge < -0.3 is 10.4 Å². The molecule has 0 fully saturated rings. The van der Waals surface area contributed by atoms with Gasteiger partial charge >= 0.3 is 6.18 Å². The molecule has 1 unspecified atom stereocenters. The maximum Gasteiger partial charge on any atom is 0.435 e. The second-order valence-corrected chi connectivity index (χ2v) is 4.92. The van der Waals surface area contributed by atoms with Crippen LogP contribution in [0.3, 0.4) is 0 Å². The molecule has 0 spiro atoms. The number of carbonyl (C=O) groups is 1. The predicted molar refractivity (Wildman–Crippen MR) is 66.0 cm³/mol. The van der Waals surface area contributed by atoms with Gasteiger partial charge in [-0.1, -0.05) is 13.8 Å². The smallest absolute Gasteiger partial charge is 0.393 e. The lowest BCUT2D eigenvalue weighted by atomic mass is 10.0. The van der Waals surface area contributed by atoms with E-state index in [0.717, 1.165) is 10.9 Å². The molecule has 0 aliphatic carbocycles. The average Bonchev–Trinajstić information content (AvgIpc) is 2.70. The Labute approximate surface area is 114 Å². The average molecular weight is 293 g/mol. The summed E-state index contributed by atoms with van der Waals surface area (Å²) >= 11 is 0. The normalized spacial score (nSPS) is 13.6. The van der Waals surface area contributed by atoms with E-state index in [4.69, 9.17) is 0 Å². The Bertz CT molecular complexity index is 469. The molecule has 1 rings (SSSR count). The summed E-state index contributed by atoms with van der Waals surface area (Å²) in [6.07, 6.45) is -3.97. The highest BCUT2D eigenvalue weighted by atomic mass is 19.4. The van der Waals surface area contributed by atoms with E-state index in [0.29, 0.717) is 0 Å². The number of halogens is 3. The number of alkyl halides is 3. The van der Waals surface area contributed by atoms with Crippen molar-refractivity contribution in [2.75, 3.05) is 6.54 Å². The molecule has 0 aliphatic rings. The van der Waals surface area contributed by atoms with Crippen LogP contribution in [0, 0.1) is 5.92 Å². The summed E-state index contributed by atoms with van der Waals surface area (Å²) in [6, 6.07) is 0. The number of rotatable bonds is 5. The third-order valence-electron chi connectivity index (χ3n) is 2.84. The van der Waals surface area contributed by atoms with Crippen LogP contribution < -0.4 is 5.32 Å². The molecule has 1 atom stereocenters. The Balaban J connectivity index is 2.69. The van der Waals surface area contributed by atoms with Crippen LogP contribution in [0.4, 0.5) is 13.2 Å². The molecule has 8 heteroatoms. The third-order valence-corrected chi connectivity index (χ3v) is 2.84. The zero-order valence-corrected chi connectivity index (χ0v) is 11.5. The van der Waals surface area contributed by atoms with Gasteiger partial charge in [-0.2, -0.15) is 18.3 Å². The van der Waals surface area contributed by atoms with Gasteiger partial charge in [-0.15, -0.1) is 0 Å².